The summed E-state index contributed by atoms with van der Waals surface area (Å²) in [5, 5.41) is 12.0. The lowest BCUT2D eigenvalue weighted by molar-refractivity contribution is 0.256. The lowest BCUT2D eigenvalue weighted by atomic mass is 9.93. The Morgan fingerprint density at radius 1 is 1.10 bits per heavy atom. The highest BCUT2D eigenvalue weighted by molar-refractivity contribution is 7.92. The van der Waals surface area contributed by atoms with E-state index in [1.807, 2.05) is 45.9 Å². The van der Waals surface area contributed by atoms with Gasteiger partial charge in [-0.05, 0) is 40.7 Å². The van der Waals surface area contributed by atoms with Crippen LogP contribution in [0.15, 0.2) is 51.8 Å². The minimum atomic E-state index is -3.50. The third kappa shape index (κ3) is 5.34. The van der Waals surface area contributed by atoms with Gasteiger partial charge in [0.05, 0.1) is 11.5 Å². The zero-order valence-electron chi connectivity index (χ0n) is 17.0. The largest absolute Gasteiger partial charge is 0.392 e. The van der Waals surface area contributed by atoms with Gasteiger partial charge in [0.1, 0.15) is 0 Å². The molecule has 8 heteroatoms. The van der Waals surface area contributed by atoms with E-state index in [0.29, 0.717) is 11.3 Å². The Hall–Kier alpha value is -2.89. The summed E-state index contributed by atoms with van der Waals surface area (Å²) >= 11 is 0. The zero-order valence-corrected chi connectivity index (χ0v) is 17.8. The number of hydrogen-bond acceptors (Lipinski definition) is 4. The number of nitrogens with one attached hydrogen (secondary N) is 2. The smallest absolute Gasteiger partial charge is 0.332 e. The number of nitrogens with zero attached hydrogens (tertiary/aromatic N) is 2. The van der Waals surface area contributed by atoms with Crippen LogP contribution in [0.25, 0.3) is 4.95 Å². The molecule has 0 saturated carbocycles. The number of para-hydroxylation sites is 1. The summed E-state index contributed by atoms with van der Waals surface area (Å²) in [6.45, 7) is 15.0. The average molecular weight is 415 g/mol. The Morgan fingerprint density at radius 3 is 2.10 bits per heavy atom. The lowest BCUT2D eigenvalue weighted by Crippen LogP contribution is -2.34. The number of carbonyl (C=O) groups is 1. The van der Waals surface area contributed by atoms with Gasteiger partial charge in [-0.3, -0.25) is 0 Å². The SMILES string of the molecule is [C-]#[N+]N=S(=O)(NC(=O)Nc1c(C(C)C)cccc1C(C)C)c1ccc(CO)cc1. The van der Waals surface area contributed by atoms with E-state index < -0.39 is 15.9 Å². The maximum atomic E-state index is 13.2. The molecule has 0 aromatic heterocycles. The van der Waals surface area contributed by atoms with Crippen molar-refractivity contribution in [2.24, 2.45) is 4.47 Å². The van der Waals surface area contributed by atoms with Crippen molar-refractivity contribution in [3.05, 3.63) is 70.7 Å². The first kappa shape index (κ1) is 22.4. The molecule has 3 N–H and O–H groups in total. The van der Waals surface area contributed by atoms with Gasteiger partial charge in [0.15, 0.2) is 4.47 Å². The molecule has 0 saturated heterocycles. The molecule has 0 aliphatic heterocycles. The molecule has 0 aliphatic rings. The van der Waals surface area contributed by atoms with Crippen LogP contribution in [-0.2, 0) is 16.5 Å². The molecular formula is C21H26N4O3S. The van der Waals surface area contributed by atoms with Crippen LogP contribution in [0.4, 0.5) is 10.5 Å². The van der Waals surface area contributed by atoms with Gasteiger partial charge in [-0.2, -0.15) is 6.57 Å². The van der Waals surface area contributed by atoms with E-state index in [4.69, 9.17) is 11.7 Å². The average Bonchev–Trinajstić information content (AvgIpc) is 2.67. The van der Waals surface area contributed by atoms with Gasteiger partial charge in [0.25, 0.3) is 0 Å². The molecule has 0 aliphatic carbocycles. The normalized spacial score (nSPS) is 12.9. The van der Waals surface area contributed by atoms with Crippen LogP contribution in [0, 0.1) is 6.57 Å². The molecule has 7 nitrogen and oxygen atoms in total. The van der Waals surface area contributed by atoms with Crippen molar-refractivity contribution in [2.75, 3.05) is 5.32 Å². The number of rotatable bonds is 6. The van der Waals surface area contributed by atoms with Crippen LogP contribution in [0.3, 0.4) is 0 Å². The number of hydrogen-bond donors (Lipinski definition) is 3. The van der Waals surface area contributed by atoms with Gasteiger partial charge in [-0.15, -0.1) is 4.95 Å². The first-order valence-corrected chi connectivity index (χ1v) is 10.8. The molecule has 0 fully saturated rings. The van der Waals surface area contributed by atoms with Crippen molar-refractivity contribution in [1.82, 2.24) is 4.72 Å². The molecule has 1 atom stereocenters. The highest BCUT2D eigenvalue weighted by Crippen LogP contribution is 2.32. The summed E-state index contributed by atoms with van der Waals surface area (Å²) in [6, 6.07) is 11.2. The van der Waals surface area contributed by atoms with Crippen LogP contribution in [0.1, 0.15) is 56.2 Å². The fourth-order valence-corrected chi connectivity index (χ4v) is 4.10. The maximum Gasteiger partial charge on any atom is 0.332 e. The second-order valence-electron chi connectivity index (χ2n) is 7.19. The van der Waals surface area contributed by atoms with E-state index in [-0.39, 0.29) is 23.3 Å². The van der Waals surface area contributed by atoms with E-state index >= 15 is 0 Å². The highest BCUT2D eigenvalue weighted by Gasteiger charge is 2.22. The quantitative estimate of drug-likeness (QED) is 0.467. The summed E-state index contributed by atoms with van der Waals surface area (Å²) in [4.78, 5) is 15.8. The molecule has 29 heavy (non-hydrogen) atoms. The fraction of sp³-hybridized carbons (Fsp3) is 0.333. The van der Waals surface area contributed by atoms with Crippen LogP contribution in [0.2, 0.25) is 0 Å². The Morgan fingerprint density at radius 2 is 1.66 bits per heavy atom. The summed E-state index contributed by atoms with van der Waals surface area (Å²) in [7, 11) is -3.50. The molecule has 1 unspecified atom stereocenters. The second kappa shape index (κ2) is 9.54. The molecule has 0 spiro atoms. The minimum absolute atomic E-state index is 0.167. The predicted octanol–water partition coefficient (Wildman–Crippen LogP) is 4.82. The summed E-state index contributed by atoms with van der Waals surface area (Å²) < 4.78 is 19.0. The Balaban J connectivity index is 2.39. The number of carbonyl (C=O) groups excluding carboxylic acids is 1. The van der Waals surface area contributed by atoms with E-state index in [1.54, 1.807) is 12.1 Å². The van der Waals surface area contributed by atoms with Crippen molar-refractivity contribution >= 4 is 21.6 Å². The first-order valence-electron chi connectivity index (χ1n) is 9.26. The number of anilines is 1. The summed E-state index contributed by atoms with van der Waals surface area (Å²) in [5.41, 5.74) is 3.23. The van der Waals surface area contributed by atoms with Crippen molar-refractivity contribution < 1.29 is 14.1 Å². The van der Waals surface area contributed by atoms with Crippen LogP contribution < -0.4 is 10.0 Å². The molecule has 0 bridgehead atoms. The summed E-state index contributed by atoms with van der Waals surface area (Å²) in [6.07, 6.45) is 0. The third-order valence-corrected chi connectivity index (χ3v) is 6.11. The Bertz CT molecular complexity index is 1000. The van der Waals surface area contributed by atoms with Crippen molar-refractivity contribution in [3.63, 3.8) is 0 Å². The predicted molar refractivity (Wildman–Crippen MR) is 115 cm³/mol. The number of urea groups is 1. The number of amides is 2. The fourth-order valence-electron chi connectivity index (χ4n) is 2.92. The van der Waals surface area contributed by atoms with Crippen LogP contribution >= 0.6 is 0 Å². The zero-order chi connectivity index (χ0) is 21.6. The van der Waals surface area contributed by atoms with E-state index in [0.717, 1.165) is 11.1 Å². The van der Waals surface area contributed by atoms with E-state index in [2.05, 4.69) is 19.5 Å². The van der Waals surface area contributed by atoms with Crippen molar-refractivity contribution in [1.29, 1.82) is 0 Å². The minimum Gasteiger partial charge on any atom is -0.392 e. The molecule has 2 amide bonds. The van der Waals surface area contributed by atoms with E-state index in [1.165, 1.54) is 12.1 Å². The van der Waals surface area contributed by atoms with Gasteiger partial charge in [0, 0.05) is 5.69 Å². The molecule has 2 aromatic carbocycles. The molecule has 0 heterocycles. The van der Waals surface area contributed by atoms with Crippen molar-refractivity contribution in [3.8, 4) is 0 Å². The maximum absolute atomic E-state index is 13.2. The number of aliphatic hydroxyl groups is 1. The van der Waals surface area contributed by atoms with Crippen LogP contribution in [0.5, 0.6) is 0 Å². The van der Waals surface area contributed by atoms with Gasteiger partial charge >= 0.3 is 6.03 Å². The van der Waals surface area contributed by atoms with Crippen LogP contribution in [-0.4, -0.2) is 15.3 Å². The molecule has 2 rings (SSSR count). The topological polar surface area (TPSA) is 95.2 Å². The van der Waals surface area contributed by atoms with Gasteiger partial charge in [-0.1, -0.05) is 58.0 Å². The molecular weight excluding hydrogens is 388 g/mol. The number of aliphatic hydroxyl groups excluding tert-OH is 1. The Kier molecular flexibility index (Phi) is 7.37. The first-order chi connectivity index (χ1) is 13.7. The third-order valence-electron chi connectivity index (χ3n) is 4.42. The van der Waals surface area contributed by atoms with Gasteiger partial charge in [-0.25, -0.2) is 13.7 Å². The number of benzene rings is 2. The molecule has 154 valence electrons. The standard InChI is InChI=1S/C21H26N4O3S/c1-14(2)18-7-6-8-19(15(3)4)20(18)23-21(27)24-29(28,25-22-5)17-11-9-16(13-26)10-12-17/h6-12,14-15,26H,13H2,1-4H3,(H2,23,24,25,27,28). The van der Waals surface area contributed by atoms with Gasteiger partial charge in [0.2, 0.25) is 9.92 Å². The molecule has 0 radical (unpaired) electrons. The second-order valence-corrected chi connectivity index (χ2v) is 9.08. The molecule has 2 aromatic rings. The van der Waals surface area contributed by atoms with Crippen molar-refractivity contribution in [2.45, 2.75) is 51.0 Å². The highest BCUT2D eigenvalue weighted by atomic mass is 32.2. The van der Waals surface area contributed by atoms with E-state index in [9.17, 15) is 9.00 Å². The summed E-state index contributed by atoms with van der Waals surface area (Å²) in [5.74, 6) is 0.347. The monoisotopic (exact) mass is 414 g/mol. The lowest BCUT2D eigenvalue weighted by Gasteiger charge is -2.20. The van der Waals surface area contributed by atoms with Gasteiger partial charge < -0.3 is 10.4 Å². The Labute approximate surface area is 172 Å².